The number of para-hydroxylation sites is 1. The second-order valence-electron chi connectivity index (χ2n) is 22.4. The van der Waals surface area contributed by atoms with Crippen molar-refractivity contribution >= 4 is 44.6 Å². The molecule has 0 spiro atoms. The molecule has 0 saturated heterocycles. The fourth-order valence-corrected chi connectivity index (χ4v) is 10.2. The van der Waals surface area contributed by atoms with E-state index in [-0.39, 0.29) is 21.8 Å². The Morgan fingerprint density at radius 3 is 1.83 bits per heavy atom. The van der Waals surface area contributed by atoms with Crippen molar-refractivity contribution in [1.29, 1.82) is 0 Å². The van der Waals surface area contributed by atoms with Crippen LogP contribution in [0.4, 0.5) is 22.7 Å². The van der Waals surface area contributed by atoms with Crippen LogP contribution in [-0.4, -0.2) is 16.2 Å². The Kier molecular flexibility index (Phi) is 10.6. The number of aromatic nitrogens is 2. The molecule has 2 aromatic heterocycles. The number of pyridine rings is 1. The molecule has 0 unspecified atom stereocenters. The topological polar surface area (TPSA) is 33.5 Å². The van der Waals surface area contributed by atoms with Gasteiger partial charge in [-0.15, -0.1) is 0 Å². The fourth-order valence-electron chi connectivity index (χ4n) is 10.2. The Balaban J connectivity index is 1.02. The van der Waals surface area contributed by atoms with Gasteiger partial charge in [-0.25, -0.2) is 4.98 Å². The van der Waals surface area contributed by atoms with Crippen molar-refractivity contribution in [1.82, 2.24) is 9.55 Å². The summed E-state index contributed by atoms with van der Waals surface area (Å²) >= 11 is 0. The highest BCUT2D eigenvalue weighted by Crippen LogP contribution is 2.51. The second-order valence-corrected chi connectivity index (χ2v) is 22.4. The molecule has 8 aromatic carbocycles. The van der Waals surface area contributed by atoms with Crippen LogP contribution in [0, 0.1) is 6.85 Å². The molecule has 5 nitrogen and oxygen atoms in total. The predicted octanol–water partition coefficient (Wildman–Crippen LogP) is 18.4. The first-order valence-corrected chi connectivity index (χ1v) is 25.1. The lowest BCUT2D eigenvalue weighted by Crippen LogP contribution is -2.25. The van der Waals surface area contributed by atoms with E-state index in [4.69, 9.17) is 13.8 Å². The molecule has 0 saturated carbocycles. The van der Waals surface area contributed by atoms with Gasteiger partial charge in [0.2, 0.25) is 0 Å². The van der Waals surface area contributed by atoms with E-state index in [1.165, 1.54) is 16.7 Å². The average Bonchev–Trinajstić information content (AvgIpc) is 3.96. The van der Waals surface area contributed by atoms with E-state index in [0.29, 0.717) is 29.5 Å². The lowest BCUT2D eigenvalue weighted by atomic mass is 9.80. The van der Waals surface area contributed by atoms with E-state index in [9.17, 15) is 0 Å². The molecule has 0 radical (unpaired) electrons. The normalized spacial score (nSPS) is 13.8. The van der Waals surface area contributed by atoms with Crippen molar-refractivity contribution in [2.45, 2.75) is 85.4 Å². The van der Waals surface area contributed by atoms with Crippen molar-refractivity contribution in [2.24, 2.45) is 0 Å². The Bertz CT molecular complexity index is 3750. The lowest BCUT2D eigenvalue weighted by molar-refractivity contribution is 0.483. The SMILES string of the molecule is [2H]C([2H])([2H])c1cc(-n2c3ccc(-c4ccccc4)cc3c3ccc(Oc4cccc(N5CN(c6cc(C(C)(C)C)cc(C(C)(C)C)c6)c6c(-c7ccccc7)cccc65)c4)cc32)ncc1-c1cccc(C(C)(C)C)c1. The highest BCUT2D eigenvalue weighted by atomic mass is 16.5. The molecule has 72 heavy (non-hydrogen) atoms. The maximum Gasteiger partial charge on any atom is 0.137 e. The Hall–Kier alpha value is -7.89. The Morgan fingerprint density at radius 2 is 1.12 bits per heavy atom. The van der Waals surface area contributed by atoms with Gasteiger partial charge < -0.3 is 14.5 Å². The monoisotopic (exact) mass is 944 g/mol. The number of anilines is 4. The molecule has 1 aliphatic rings. The number of ether oxygens (including phenoxy) is 1. The van der Waals surface area contributed by atoms with Crippen LogP contribution < -0.4 is 14.5 Å². The molecule has 11 rings (SSSR count). The average molecular weight is 944 g/mol. The number of aryl methyl sites for hydroxylation is 1. The minimum absolute atomic E-state index is 0.0493. The van der Waals surface area contributed by atoms with Gasteiger partial charge in [-0.2, -0.15) is 0 Å². The van der Waals surface area contributed by atoms with Crippen molar-refractivity contribution in [2.75, 3.05) is 16.5 Å². The number of hydrogen-bond acceptors (Lipinski definition) is 4. The predicted molar refractivity (Wildman–Crippen MR) is 304 cm³/mol. The van der Waals surface area contributed by atoms with Gasteiger partial charge in [-0.05, 0) is 128 Å². The summed E-state index contributed by atoms with van der Waals surface area (Å²) in [4.78, 5) is 9.95. The van der Waals surface area contributed by atoms with Gasteiger partial charge in [0.05, 0.1) is 22.4 Å². The quantitative estimate of drug-likeness (QED) is 0.152. The summed E-state index contributed by atoms with van der Waals surface area (Å²) in [5, 5.41) is 2.02. The zero-order valence-electron chi connectivity index (χ0n) is 45.9. The maximum atomic E-state index is 8.83. The van der Waals surface area contributed by atoms with E-state index < -0.39 is 6.85 Å². The van der Waals surface area contributed by atoms with Crippen molar-refractivity contribution < 1.29 is 8.85 Å². The van der Waals surface area contributed by atoms with Crippen molar-refractivity contribution in [3.05, 3.63) is 217 Å². The number of nitrogens with zero attached hydrogens (tertiary/aromatic N) is 4. The third-order valence-electron chi connectivity index (χ3n) is 14.3. The van der Waals surface area contributed by atoms with Gasteiger partial charge in [0.1, 0.15) is 24.0 Å². The molecule has 0 bridgehead atoms. The van der Waals surface area contributed by atoms with Crippen LogP contribution in [0.25, 0.3) is 61.0 Å². The van der Waals surface area contributed by atoms with Gasteiger partial charge in [-0.3, -0.25) is 4.57 Å². The van der Waals surface area contributed by atoms with E-state index >= 15 is 0 Å². The van der Waals surface area contributed by atoms with Crippen LogP contribution in [0.2, 0.25) is 0 Å². The molecular weight excluding hydrogens is 877 g/mol. The van der Waals surface area contributed by atoms with Crippen molar-refractivity contribution in [3.8, 4) is 50.7 Å². The molecule has 0 aliphatic carbocycles. The van der Waals surface area contributed by atoms with Crippen LogP contribution >= 0.6 is 0 Å². The molecule has 0 fully saturated rings. The fraction of sp³-hybridized carbons (Fsp3) is 0.209. The molecule has 0 N–H and O–H groups in total. The summed E-state index contributed by atoms with van der Waals surface area (Å²) < 4.78 is 35.4. The standard InChI is InChI=1S/C67H64N4O/c1-44-34-63(68-42-59(44)48-24-17-25-49(35-48)65(2,3)4)71-60-33-30-47(45-20-13-11-14-21-45)36-58(60)57-32-31-55(41-62(57)71)72-54-27-18-26-52(40-54)69-43-70(53-38-50(66(5,6)7)37-51(39-53)67(8,9)10)64-56(28-19-29-61(64)69)46-22-15-12-16-23-46/h11-42H,43H2,1-10H3/i1D3. The second kappa shape index (κ2) is 17.8. The molecular formula is C67H64N4O. The maximum absolute atomic E-state index is 8.83. The Morgan fingerprint density at radius 1 is 0.458 bits per heavy atom. The smallest absolute Gasteiger partial charge is 0.137 e. The number of fused-ring (bicyclic) bond motifs is 4. The molecule has 0 atom stereocenters. The van der Waals surface area contributed by atoms with Crippen LogP contribution in [0.5, 0.6) is 11.5 Å². The number of hydrogen-bond donors (Lipinski definition) is 0. The summed E-state index contributed by atoms with van der Waals surface area (Å²) in [6.45, 7) is 18.4. The summed E-state index contributed by atoms with van der Waals surface area (Å²) in [5.74, 6) is 1.84. The van der Waals surface area contributed by atoms with Crippen LogP contribution in [0.1, 0.15) is 88.7 Å². The minimum Gasteiger partial charge on any atom is -0.457 e. The van der Waals surface area contributed by atoms with Crippen LogP contribution in [-0.2, 0) is 16.2 Å². The first-order chi connectivity index (χ1) is 35.7. The third kappa shape index (κ3) is 8.72. The van der Waals surface area contributed by atoms with Gasteiger partial charge in [0.15, 0.2) is 0 Å². The van der Waals surface area contributed by atoms with E-state index in [0.717, 1.165) is 72.4 Å². The van der Waals surface area contributed by atoms with Gasteiger partial charge >= 0.3 is 0 Å². The van der Waals surface area contributed by atoms with Crippen molar-refractivity contribution in [3.63, 3.8) is 0 Å². The molecule has 1 aliphatic heterocycles. The summed E-state index contributed by atoms with van der Waals surface area (Å²) in [5.41, 5.74) is 15.9. The van der Waals surface area contributed by atoms with E-state index in [1.807, 2.05) is 30.3 Å². The molecule has 10 aromatic rings. The third-order valence-corrected chi connectivity index (χ3v) is 14.3. The summed E-state index contributed by atoms with van der Waals surface area (Å²) in [6.07, 6.45) is 1.73. The Labute approximate surface area is 430 Å². The van der Waals surface area contributed by atoms with Crippen LogP contribution in [0.15, 0.2) is 194 Å². The highest BCUT2D eigenvalue weighted by Gasteiger charge is 2.33. The molecule has 5 heteroatoms. The van der Waals surface area contributed by atoms with Gasteiger partial charge in [0.25, 0.3) is 0 Å². The highest BCUT2D eigenvalue weighted by molar-refractivity contribution is 6.11. The summed E-state index contributed by atoms with van der Waals surface area (Å²) in [7, 11) is 0. The van der Waals surface area contributed by atoms with Crippen LogP contribution in [0.3, 0.4) is 0 Å². The largest absolute Gasteiger partial charge is 0.457 e. The first-order valence-electron chi connectivity index (χ1n) is 26.6. The number of rotatable bonds is 8. The first kappa shape index (κ1) is 42.9. The summed E-state index contributed by atoms with van der Waals surface area (Å²) in [6, 6.07) is 65.7. The zero-order valence-corrected chi connectivity index (χ0v) is 42.9. The molecule has 0 amide bonds. The van der Waals surface area contributed by atoms with Gasteiger partial charge in [0, 0.05) is 55.7 Å². The molecule has 358 valence electrons. The minimum atomic E-state index is -2.41. The van der Waals surface area contributed by atoms with E-state index in [2.05, 4.69) is 228 Å². The molecule has 3 heterocycles. The van der Waals surface area contributed by atoms with E-state index in [1.54, 1.807) is 12.3 Å². The lowest BCUT2D eigenvalue weighted by Gasteiger charge is -2.30. The number of benzene rings is 8. The zero-order chi connectivity index (χ0) is 52.6. The van der Waals surface area contributed by atoms with Gasteiger partial charge in [-0.1, -0.05) is 178 Å².